The Labute approximate surface area is 249 Å². The fraction of sp³-hybridized carbons (Fsp3) is 0.486. The van der Waals surface area contributed by atoms with E-state index >= 15 is 0 Å². The van der Waals surface area contributed by atoms with Gasteiger partial charge in [-0.15, -0.1) is 0 Å². The molecule has 0 aliphatic heterocycles. The van der Waals surface area contributed by atoms with Crippen molar-refractivity contribution in [3.8, 4) is 0 Å². The number of hydrogen-bond acceptors (Lipinski definition) is 4. The number of benzene rings is 2. The molecule has 1 fully saturated rings. The summed E-state index contributed by atoms with van der Waals surface area (Å²) in [6.45, 7) is 5.63. The third kappa shape index (κ3) is 5.34. The number of nitrogens with one attached hydrogen (secondary N) is 2. The molecule has 6 heteroatoms. The van der Waals surface area contributed by atoms with Crippen molar-refractivity contribution in [2.24, 2.45) is 11.8 Å². The zero-order valence-electron chi connectivity index (χ0n) is 24.3. The van der Waals surface area contributed by atoms with Crippen molar-refractivity contribution in [2.45, 2.75) is 88.5 Å². The van der Waals surface area contributed by atoms with E-state index in [1.165, 1.54) is 40.9 Å². The van der Waals surface area contributed by atoms with Gasteiger partial charge in [-0.05, 0) is 122 Å². The van der Waals surface area contributed by atoms with Crippen molar-refractivity contribution in [1.82, 2.24) is 4.98 Å². The summed E-state index contributed by atoms with van der Waals surface area (Å²) < 4.78 is 0. The molecule has 41 heavy (non-hydrogen) atoms. The highest BCUT2D eigenvalue weighted by Crippen LogP contribution is 2.56. The third-order valence-electron chi connectivity index (χ3n) is 10.4. The van der Waals surface area contributed by atoms with E-state index in [1.54, 1.807) is 0 Å². The molecule has 1 aromatic heterocycles. The Balaban J connectivity index is 1.19. The van der Waals surface area contributed by atoms with Crippen LogP contribution >= 0.6 is 11.6 Å². The van der Waals surface area contributed by atoms with Crippen LogP contribution in [0.2, 0.25) is 5.02 Å². The molecule has 1 heterocycles. The average molecular weight is 572 g/mol. The van der Waals surface area contributed by atoms with Crippen molar-refractivity contribution in [3.05, 3.63) is 88.2 Å². The highest BCUT2D eigenvalue weighted by Gasteiger charge is 2.54. The number of carboxylic acid groups (broad SMARTS) is 1. The lowest BCUT2D eigenvalue weighted by Gasteiger charge is -2.47. The van der Waals surface area contributed by atoms with E-state index in [2.05, 4.69) is 59.8 Å². The standard InChI is InChI=1S/C35H42ClN3O2/c1-23(22-38-31-13-18-37-30-12-5-7-24(2)32(30)31)19-26-20-25-8-3-4-11-29(25)34(26)14-16-35(17-15-34,33(40)41)39-28-10-6-9-27(36)21-28/h3-4,6,8-11,13,18,21,23-24,26,39H,5,7,12,14-17,19-20,22H2,1-2H3,(H,37,38)(H,40,41)/t23-,24?,26?,34?,35?/m1/s1. The lowest BCUT2D eigenvalue weighted by atomic mass is 9.59. The Hall–Kier alpha value is -3.05. The number of halogens is 1. The van der Waals surface area contributed by atoms with Gasteiger partial charge in [-0.1, -0.05) is 55.8 Å². The van der Waals surface area contributed by atoms with Crippen LogP contribution in [0, 0.1) is 11.8 Å². The summed E-state index contributed by atoms with van der Waals surface area (Å²) in [5, 5.41) is 18.2. The highest BCUT2D eigenvalue weighted by atomic mass is 35.5. The maximum atomic E-state index is 12.7. The molecule has 0 radical (unpaired) electrons. The topological polar surface area (TPSA) is 74.2 Å². The number of anilines is 2. The van der Waals surface area contributed by atoms with Crippen LogP contribution in [0.5, 0.6) is 0 Å². The molecule has 0 amide bonds. The van der Waals surface area contributed by atoms with Gasteiger partial charge in [0.2, 0.25) is 0 Å². The molecule has 3 aliphatic carbocycles. The molecule has 216 valence electrons. The third-order valence-corrected chi connectivity index (χ3v) is 10.6. The molecule has 3 atom stereocenters. The average Bonchev–Trinajstić information content (AvgIpc) is 3.25. The number of aromatic nitrogens is 1. The second kappa shape index (κ2) is 11.3. The van der Waals surface area contributed by atoms with Crippen molar-refractivity contribution < 1.29 is 9.90 Å². The summed E-state index contributed by atoms with van der Waals surface area (Å²) in [7, 11) is 0. The van der Waals surface area contributed by atoms with Crippen molar-refractivity contribution >= 4 is 28.9 Å². The number of fused-ring (bicyclic) bond motifs is 3. The van der Waals surface area contributed by atoms with Crippen molar-refractivity contribution in [3.63, 3.8) is 0 Å². The molecule has 5 nitrogen and oxygen atoms in total. The minimum Gasteiger partial charge on any atom is -0.480 e. The fourth-order valence-electron chi connectivity index (χ4n) is 8.20. The summed E-state index contributed by atoms with van der Waals surface area (Å²) in [4.78, 5) is 17.4. The number of aryl methyl sites for hydroxylation is 1. The first kappa shape index (κ1) is 28.1. The van der Waals surface area contributed by atoms with E-state index in [-0.39, 0.29) is 5.41 Å². The summed E-state index contributed by atoms with van der Waals surface area (Å²) in [6.07, 6.45) is 10.6. The fourth-order valence-corrected chi connectivity index (χ4v) is 8.39. The largest absolute Gasteiger partial charge is 0.480 e. The second-order valence-electron chi connectivity index (χ2n) is 13.0. The number of nitrogens with zero attached hydrogens (tertiary/aromatic N) is 1. The van der Waals surface area contributed by atoms with E-state index in [0.717, 1.165) is 44.3 Å². The van der Waals surface area contributed by atoms with E-state index in [0.29, 0.717) is 35.6 Å². The zero-order valence-corrected chi connectivity index (χ0v) is 25.0. The first-order valence-corrected chi connectivity index (χ1v) is 15.7. The minimum absolute atomic E-state index is 0.0180. The Kier molecular flexibility index (Phi) is 7.76. The SMILES string of the molecule is CC1CCCc2nccc(NC[C@H](C)CC3Cc4ccccc4C34CCC(Nc3cccc(Cl)c3)(C(=O)O)CC4)c21. The summed E-state index contributed by atoms with van der Waals surface area (Å²) in [5.41, 5.74) is 6.64. The molecule has 1 saturated carbocycles. The second-order valence-corrected chi connectivity index (χ2v) is 13.4. The van der Waals surface area contributed by atoms with E-state index < -0.39 is 11.5 Å². The summed E-state index contributed by atoms with van der Waals surface area (Å²) in [6, 6.07) is 18.5. The van der Waals surface area contributed by atoms with Gasteiger partial charge in [0.15, 0.2) is 0 Å². The Morgan fingerprint density at radius 3 is 2.71 bits per heavy atom. The zero-order chi connectivity index (χ0) is 28.6. The monoisotopic (exact) mass is 571 g/mol. The van der Waals surface area contributed by atoms with Crippen LogP contribution in [-0.2, 0) is 23.1 Å². The van der Waals surface area contributed by atoms with Gasteiger partial charge in [0.1, 0.15) is 5.54 Å². The predicted octanol–water partition coefficient (Wildman–Crippen LogP) is 8.23. The first-order valence-electron chi connectivity index (χ1n) is 15.4. The Morgan fingerprint density at radius 1 is 1.12 bits per heavy atom. The Bertz CT molecular complexity index is 1410. The van der Waals surface area contributed by atoms with E-state index in [9.17, 15) is 9.90 Å². The molecular formula is C35H42ClN3O2. The van der Waals surface area contributed by atoms with Crippen LogP contribution in [0.4, 0.5) is 11.4 Å². The lowest BCUT2D eigenvalue weighted by molar-refractivity contribution is -0.144. The highest BCUT2D eigenvalue weighted by molar-refractivity contribution is 6.30. The van der Waals surface area contributed by atoms with E-state index in [1.807, 2.05) is 30.5 Å². The molecular weight excluding hydrogens is 530 g/mol. The van der Waals surface area contributed by atoms with Gasteiger partial charge in [0.25, 0.3) is 0 Å². The number of pyridine rings is 1. The molecule has 3 N–H and O–H groups in total. The number of carboxylic acids is 1. The van der Waals surface area contributed by atoms with Crippen LogP contribution in [0.1, 0.15) is 87.1 Å². The van der Waals surface area contributed by atoms with Gasteiger partial charge in [-0.25, -0.2) is 4.79 Å². The molecule has 0 saturated heterocycles. The van der Waals surface area contributed by atoms with Crippen LogP contribution in [-0.4, -0.2) is 28.1 Å². The normalized spacial score (nSPS) is 27.6. The smallest absolute Gasteiger partial charge is 0.329 e. The molecule has 3 aromatic rings. The van der Waals surface area contributed by atoms with Crippen molar-refractivity contribution in [2.75, 3.05) is 17.2 Å². The number of aliphatic carboxylic acids is 1. The predicted molar refractivity (Wildman–Crippen MR) is 167 cm³/mol. The minimum atomic E-state index is -0.984. The van der Waals surface area contributed by atoms with Crippen LogP contribution in [0.3, 0.4) is 0 Å². The number of carbonyl (C=O) groups is 1. The number of rotatable bonds is 8. The molecule has 2 unspecified atom stereocenters. The number of hydrogen-bond donors (Lipinski definition) is 3. The summed E-state index contributed by atoms with van der Waals surface area (Å²) in [5.74, 6) is 0.766. The van der Waals surface area contributed by atoms with Crippen molar-refractivity contribution in [1.29, 1.82) is 0 Å². The van der Waals surface area contributed by atoms with E-state index in [4.69, 9.17) is 11.6 Å². The maximum absolute atomic E-state index is 12.7. The molecule has 2 aromatic carbocycles. The molecule has 3 aliphatic rings. The summed E-state index contributed by atoms with van der Waals surface area (Å²) >= 11 is 6.22. The molecule has 6 rings (SSSR count). The van der Waals surface area contributed by atoms with Gasteiger partial charge in [-0.2, -0.15) is 0 Å². The quantitative estimate of drug-likeness (QED) is 0.254. The van der Waals surface area contributed by atoms with Gasteiger partial charge in [-0.3, -0.25) is 4.98 Å². The van der Waals surface area contributed by atoms with Gasteiger partial charge in [0, 0.05) is 34.8 Å². The van der Waals surface area contributed by atoms with Crippen LogP contribution < -0.4 is 10.6 Å². The molecule has 0 bridgehead atoms. The first-order chi connectivity index (χ1) is 19.8. The Morgan fingerprint density at radius 2 is 1.93 bits per heavy atom. The van der Waals surface area contributed by atoms with Crippen LogP contribution in [0.25, 0.3) is 0 Å². The maximum Gasteiger partial charge on any atom is 0.329 e. The van der Waals surface area contributed by atoms with Gasteiger partial charge >= 0.3 is 5.97 Å². The van der Waals surface area contributed by atoms with Crippen LogP contribution in [0.15, 0.2) is 60.8 Å². The molecule has 1 spiro atoms. The van der Waals surface area contributed by atoms with Gasteiger partial charge in [0.05, 0.1) is 0 Å². The van der Waals surface area contributed by atoms with Gasteiger partial charge < -0.3 is 15.7 Å². The lowest BCUT2D eigenvalue weighted by Crippen LogP contribution is -2.53.